The average Bonchev–Trinajstić information content (AvgIpc) is 3.14. The summed E-state index contributed by atoms with van der Waals surface area (Å²) in [6.45, 7) is 0.581. The van der Waals surface area contributed by atoms with Crippen LogP contribution in [-0.2, 0) is 16.8 Å². The molecule has 1 N–H and O–H groups in total. The van der Waals surface area contributed by atoms with Gasteiger partial charge in [-0.3, -0.25) is 4.79 Å². The second kappa shape index (κ2) is 5.51. The Bertz CT molecular complexity index is 651. The van der Waals surface area contributed by atoms with Crippen molar-refractivity contribution in [1.82, 2.24) is 5.32 Å². The van der Waals surface area contributed by atoms with E-state index in [1.807, 2.05) is 36.4 Å². The zero-order chi connectivity index (χ0) is 14.2. The first-order valence-electron chi connectivity index (χ1n) is 6.39. The van der Waals surface area contributed by atoms with Crippen molar-refractivity contribution in [2.75, 3.05) is 0 Å². The van der Waals surface area contributed by atoms with Gasteiger partial charge in [0, 0.05) is 9.90 Å². The molecule has 0 spiro atoms. The lowest BCUT2D eigenvalue weighted by atomic mass is 9.95. The van der Waals surface area contributed by atoms with Gasteiger partial charge in [-0.05, 0) is 58.6 Å². The SMILES string of the molecule is O=C(NCc1ccc(Br)s1)C1(c2cccc(Cl)c2)CC1. The Labute approximate surface area is 135 Å². The van der Waals surface area contributed by atoms with Gasteiger partial charge >= 0.3 is 0 Å². The molecule has 1 amide bonds. The fourth-order valence-electron chi connectivity index (χ4n) is 2.34. The predicted molar refractivity (Wildman–Crippen MR) is 86.2 cm³/mol. The summed E-state index contributed by atoms with van der Waals surface area (Å²) in [6.07, 6.45) is 1.79. The number of carbonyl (C=O) groups excluding carboxylic acids is 1. The van der Waals surface area contributed by atoms with Crippen LogP contribution in [0.25, 0.3) is 0 Å². The number of benzene rings is 1. The van der Waals surface area contributed by atoms with Gasteiger partial charge in [-0.2, -0.15) is 0 Å². The lowest BCUT2D eigenvalue weighted by Gasteiger charge is -2.15. The van der Waals surface area contributed by atoms with Crippen LogP contribution in [0.4, 0.5) is 0 Å². The maximum Gasteiger partial charge on any atom is 0.230 e. The van der Waals surface area contributed by atoms with E-state index in [2.05, 4.69) is 21.2 Å². The van der Waals surface area contributed by atoms with E-state index in [-0.39, 0.29) is 11.3 Å². The monoisotopic (exact) mass is 369 g/mol. The number of rotatable bonds is 4. The van der Waals surface area contributed by atoms with Crippen molar-refractivity contribution < 1.29 is 4.79 Å². The molecular formula is C15H13BrClNOS. The van der Waals surface area contributed by atoms with E-state index in [9.17, 15) is 4.79 Å². The normalized spacial score (nSPS) is 15.9. The van der Waals surface area contributed by atoms with Crippen molar-refractivity contribution in [3.63, 3.8) is 0 Å². The van der Waals surface area contributed by atoms with E-state index in [4.69, 9.17) is 11.6 Å². The second-order valence-corrected chi connectivity index (χ2v) is 7.96. The minimum absolute atomic E-state index is 0.101. The maximum absolute atomic E-state index is 12.5. The third kappa shape index (κ3) is 2.78. The van der Waals surface area contributed by atoms with Crippen LogP contribution >= 0.6 is 38.9 Å². The van der Waals surface area contributed by atoms with Crippen molar-refractivity contribution in [2.24, 2.45) is 0 Å². The van der Waals surface area contributed by atoms with E-state index in [0.29, 0.717) is 11.6 Å². The van der Waals surface area contributed by atoms with Crippen molar-refractivity contribution in [1.29, 1.82) is 0 Å². The Morgan fingerprint density at radius 1 is 1.35 bits per heavy atom. The second-order valence-electron chi connectivity index (χ2n) is 4.98. The van der Waals surface area contributed by atoms with E-state index in [1.165, 1.54) is 0 Å². The molecule has 1 fully saturated rings. The van der Waals surface area contributed by atoms with Crippen LogP contribution in [0, 0.1) is 0 Å². The molecule has 5 heteroatoms. The summed E-state index contributed by atoms with van der Waals surface area (Å²) >= 11 is 11.1. The summed E-state index contributed by atoms with van der Waals surface area (Å²) in [6, 6.07) is 11.6. The highest BCUT2D eigenvalue weighted by atomic mass is 79.9. The zero-order valence-corrected chi connectivity index (χ0v) is 13.8. The third-order valence-corrected chi connectivity index (χ3v) is 5.47. The quantitative estimate of drug-likeness (QED) is 0.843. The number of nitrogens with one attached hydrogen (secondary N) is 1. The molecule has 2 nitrogen and oxygen atoms in total. The van der Waals surface area contributed by atoms with Crippen molar-refractivity contribution in [2.45, 2.75) is 24.8 Å². The van der Waals surface area contributed by atoms with Crippen LogP contribution in [-0.4, -0.2) is 5.91 Å². The molecule has 104 valence electrons. The number of amides is 1. The molecule has 0 unspecified atom stereocenters. The largest absolute Gasteiger partial charge is 0.350 e. The Hall–Kier alpha value is -0.840. The first kappa shape index (κ1) is 14.1. The smallest absolute Gasteiger partial charge is 0.230 e. The van der Waals surface area contributed by atoms with E-state index < -0.39 is 0 Å². The zero-order valence-electron chi connectivity index (χ0n) is 10.7. The number of thiophene rings is 1. The maximum atomic E-state index is 12.5. The molecule has 0 aliphatic heterocycles. The molecule has 1 aliphatic carbocycles. The third-order valence-electron chi connectivity index (χ3n) is 3.61. The summed E-state index contributed by atoms with van der Waals surface area (Å²) < 4.78 is 1.08. The van der Waals surface area contributed by atoms with Gasteiger partial charge in [-0.15, -0.1) is 11.3 Å². The Kier molecular flexibility index (Phi) is 3.89. The van der Waals surface area contributed by atoms with Crippen LogP contribution in [0.1, 0.15) is 23.3 Å². The number of hydrogen-bond donors (Lipinski definition) is 1. The van der Waals surface area contributed by atoms with Gasteiger partial charge in [0.2, 0.25) is 5.91 Å². The van der Waals surface area contributed by atoms with Crippen LogP contribution in [0.5, 0.6) is 0 Å². The van der Waals surface area contributed by atoms with E-state index >= 15 is 0 Å². The Morgan fingerprint density at radius 2 is 2.15 bits per heavy atom. The molecule has 3 rings (SSSR count). The molecule has 1 heterocycles. The highest BCUT2D eigenvalue weighted by Crippen LogP contribution is 2.48. The van der Waals surface area contributed by atoms with Gasteiger partial charge in [0.15, 0.2) is 0 Å². The van der Waals surface area contributed by atoms with Crippen LogP contribution < -0.4 is 5.32 Å². The van der Waals surface area contributed by atoms with Gasteiger partial charge in [-0.1, -0.05) is 23.7 Å². The summed E-state index contributed by atoms with van der Waals surface area (Å²) in [5.41, 5.74) is 0.661. The molecule has 1 aromatic heterocycles. The van der Waals surface area contributed by atoms with Crippen molar-refractivity contribution in [3.8, 4) is 0 Å². The molecule has 20 heavy (non-hydrogen) atoms. The van der Waals surface area contributed by atoms with E-state index in [1.54, 1.807) is 11.3 Å². The van der Waals surface area contributed by atoms with E-state index in [0.717, 1.165) is 27.1 Å². The summed E-state index contributed by atoms with van der Waals surface area (Å²) in [5, 5.41) is 3.72. The number of hydrogen-bond acceptors (Lipinski definition) is 2. The highest BCUT2D eigenvalue weighted by molar-refractivity contribution is 9.11. The molecule has 0 atom stereocenters. The summed E-state index contributed by atoms with van der Waals surface area (Å²) in [7, 11) is 0. The van der Waals surface area contributed by atoms with Crippen LogP contribution in [0.3, 0.4) is 0 Å². The topological polar surface area (TPSA) is 29.1 Å². The van der Waals surface area contributed by atoms with Gasteiger partial charge < -0.3 is 5.32 Å². The fourth-order valence-corrected chi connectivity index (χ4v) is 3.95. The Balaban J connectivity index is 1.70. The lowest BCUT2D eigenvalue weighted by Crippen LogP contribution is -2.34. The summed E-state index contributed by atoms with van der Waals surface area (Å²) in [4.78, 5) is 13.6. The molecule has 1 aromatic carbocycles. The standard InChI is InChI=1S/C15H13BrClNOS/c16-13-5-4-12(20-13)9-18-14(19)15(6-7-15)10-2-1-3-11(17)8-10/h1-5,8H,6-7,9H2,(H,18,19). The Morgan fingerprint density at radius 3 is 2.75 bits per heavy atom. The average molecular weight is 371 g/mol. The van der Waals surface area contributed by atoms with Crippen molar-refractivity contribution in [3.05, 3.63) is 55.6 Å². The molecule has 0 bridgehead atoms. The van der Waals surface area contributed by atoms with Crippen LogP contribution in [0.15, 0.2) is 40.2 Å². The fraction of sp³-hybridized carbons (Fsp3) is 0.267. The molecule has 1 saturated carbocycles. The van der Waals surface area contributed by atoms with Crippen molar-refractivity contribution >= 4 is 44.8 Å². The minimum Gasteiger partial charge on any atom is -0.350 e. The van der Waals surface area contributed by atoms with Gasteiger partial charge in [0.25, 0.3) is 0 Å². The number of halogens is 2. The molecule has 2 aromatic rings. The predicted octanol–water partition coefficient (Wildman–Crippen LogP) is 4.51. The van der Waals surface area contributed by atoms with Gasteiger partial charge in [-0.25, -0.2) is 0 Å². The first-order chi connectivity index (χ1) is 9.60. The molecule has 0 radical (unpaired) electrons. The molecule has 0 saturated heterocycles. The first-order valence-corrected chi connectivity index (χ1v) is 8.37. The van der Waals surface area contributed by atoms with Crippen LogP contribution in [0.2, 0.25) is 5.02 Å². The van der Waals surface area contributed by atoms with Gasteiger partial charge in [0.05, 0.1) is 15.7 Å². The van der Waals surface area contributed by atoms with Gasteiger partial charge in [0.1, 0.15) is 0 Å². The number of carbonyl (C=O) groups is 1. The highest BCUT2D eigenvalue weighted by Gasteiger charge is 2.51. The minimum atomic E-state index is -0.362. The summed E-state index contributed by atoms with van der Waals surface area (Å²) in [5.74, 6) is 0.101. The lowest BCUT2D eigenvalue weighted by molar-refractivity contribution is -0.123. The molecular weight excluding hydrogens is 358 g/mol. The molecule has 1 aliphatic rings.